The van der Waals surface area contributed by atoms with Gasteiger partial charge in [-0.15, -0.1) is 0 Å². The summed E-state index contributed by atoms with van der Waals surface area (Å²) in [5, 5.41) is 8.24. The highest BCUT2D eigenvalue weighted by molar-refractivity contribution is 5.28. The van der Waals surface area contributed by atoms with Gasteiger partial charge in [0.15, 0.2) is 0 Å². The van der Waals surface area contributed by atoms with Crippen molar-refractivity contribution < 1.29 is 0 Å². The molecule has 1 aliphatic heterocycles. The third-order valence-corrected chi connectivity index (χ3v) is 3.54. The van der Waals surface area contributed by atoms with Crippen molar-refractivity contribution in [3.8, 4) is 0 Å². The van der Waals surface area contributed by atoms with Crippen molar-refractivity contribution in [3.05, 3.63) is 17.5 Å². The Morgan fingerprint density at radius 3 is 2.87 bits per heavy atom. The molecule has 0 spiro atoms. The van der Waals surface area contributed by atoms with Crippen LogP contribution in [0, 0.1) is 0 Å². The maximum absolute atomic E-state index is 4.62. The maximum Gasteiger partial charge on any atom is 0.0703 e. The SMILES string of the molecule is Cn1cc(C2CCCCN2)c(C2CC2)n1. The van der Waals surface area contributed by atoms with Crippen molar-refractivity contribution in [1.29, 1.82) is 0 Å². The molecule has 1 saturated heterocycles. The van der Waals surface area contributed by atoms with Crippen molar-refractivity contribution in [2.45, 2.75) is 44.1 Å². The minimum Gasteiger partial charge on any atom is -0.310 e. The molecule has 1 saturated carbocycles. The molecule has 2 heterocycles. The summed E-state index contributed by atoms with van der Waals surface area (Å²) in [7, 11) is 2.04. The minimum absolute atomic E-state index is 0.572. The van der Waals surface area contributed by atoms with Gasteiger partial charge in [-0.3, -0.25) is 4.68 Å². The van der Waals surface area contributed by atoms with E-state index < -0.39 is 0 Å². The zero-order valence-corrected chi connectivity index (χ0v) is 9.37. The monoisotopic (exact) mass is 205 g/mol. The molecular weight excluding hydrogens is 186 g/mol. The van der Waals surface area contributed by atoms with E-state index in [0.717, 1.165) is 5.92 Å². The Labute approximate surface area is 90.9 Å². The molecule has 0 bridgehead atoms. The average Bonchev–Trinajstić information content (AvgIpc) is 3.03. The van der Waals surface area contributed by atoms with Crippen LogP contribution in [0.2, 0.25) is 0 Å². The van der Waals surface area contributed by atoms with Crippen LogP contribution in [0.25, 0.3) is 0 Å². The predicted molar refractivity (Wildman–Crippen MR) is 59.8 cm³/mol. The zero-order chi connectivity index (χ0) is 10.3. The Bertz CT molecular complexity index is 346. The fourth-order valence-electron chi connectivity index (χ4n) is 2.58. The summed E-state index contributed by atoms with van der Waals surface area (Å²) in [5.41, 5.74) is 2.84. The average molecular weight is 205 g/mol. The summed E-state index contributed by atoms with van der Waals surface area (Å²) in [5.74, 6) is 0.768. The standard InChI is InChI=1S/C12H19N3/c1-15-8-10(11-4-2-3-7-13-11)12(14-15)9-5-6-9/h8-9,11,13H,2-7H2,1H3. The largest absolute Gasteiger partial charge is 0.310 e. The molecule has 1 N–H and O–H groups in total. The van der Waals surface area contributed by atoms with Crippen molar-refractivity contribution in [2.24, 2.45) is 7.05 Å². The molecule has 2 fully saturated rings. The van der Waals surface area contributed by atoms with Gasteiger partial charge in [0, 0.05) is 30.8 Å². The fourth-order valence-corrected chi connectivity index (χ4v) is 2.58. The summed E-state index contributed by atoms with van der Waals surface area (Å²) in [4.78, 5) is 0. The third kappa shape index (κ3) is 1.81. The van der Waals surface area contributed by atoms with Gasteiger partial charge in [-0.1, -0.05) is 6.42 Å². The molecule has 0 amide bonds. The van der Waals surface area contributed by atoms with Crippen molar-refractivity contribution in [3.63, 3.8) is 0 Å². The Morgan fingerprint density at radius 2 is 2.20 bits per heavy atom. The van der Waals surface area contributed by atoms with E-state index in [1.807, 2.05) is 11.7 Å². The first-order valence-corrected chi connectivity index (χ1v) is 6.11. The van der Waals surface area contributed by atoms with E-state index >= 15 is 0 Å². The number of aromatic nitrogens is 2. The molecule has 1 atom stereocenters. The predicted octanol–water partition coefficient (Wildman–Crippen LogP) is 2.11. The van der Waals surface area contributed by atoms with E-state index in [-0.39, 0.29) is 0 Å². The van der Waals surface area contributed by atoms with Gasteiger partial charge in [-0.2, -0.15) is 5.10 Å². The van der Waals surface area contributed by atoms with Gasteiger partial charge in [-0.25, -0.2) is 0 Å². The zero-order valence-electron chi connectivity index (χ0n) is 9.37. The van der Waals surface area contributed by atoms with Crippen LogP contribution in [0.5, 0.6) is 0 Å². The first kappa shape index (κ1) is 9.40. The highest BCUT2D eigenvalue weighted by Gasteiger charge is 2.31. The van der Waals surface area contributed by atoms with E-state index in [0.29, 0.717) is 6.04 Å². The van der Waals surface area contributed by atoms with Crippen molar-refractivity contribution in [2.75, 3.05) is 6.54 Å². The number of hydrogen-bond acceptors (Lipinski definition) is 2. The van der Waals surface area contributed by atoms with Crippen LogP contribution in [0.4, 0.5) is 0 Å². The first-order valence-electron chi connectivity index (χ1n) is 6.11. The van der Waals surface area contributed by atoms with Crippen LogP contribution >= 0.6 is 0 Å². The van der Waals surface area contributed by atoms with Crippen LogP contribution in [0.1, 0.15) is 55.3 Å². The number of hydrogen-bond donors (Lipinski definition) is 1. The molecule has 1 unspecified atom stereocenters. The molecule has 3 heteroatoms. The van der Waals surface area contributed by atoms with Crippen molar-refractivity contribution in [1.82, 2.24) is 15.1 Å². The van der Waals surface area contributed by atoms with Crippen LogP contribution in [0.15, 0.2) is 6.20 Å². The second-order valence-electron chi connectivity index (χ2n) is 4.92. The summed E-state index contributed by atoms with van der Waals surface area (Å²) >= 11 is 0. The third-order valence-electron chi connectivity index (χ3n) is 3.54. The molecule has 0 radical (unpaired) electrons. The lowest BCUT2D eigenvalue weighted by Gasteiger charge is -2.23. The second-order valence-corrected chi connectivity index (χ2v) is 4.92. The molecule has 2 aliphatic rings. The lowest BCUT2D eigenvalue weighted by molar-refractivity contribution is 0.410. The normalized spacial score (nSPS) is 26.9. The van der Waals surface area contributed by atoms with Gasteiger partial charge in [0.25, 0.3) is 0 Å². The quantitative estimate of drug-likeness (QED) is 0.801. The summed E-state index contributed by atoms with van der Waals surface area (Å²) in [6.07, 6.45) is 8.88. The lowest BCUT2D eigenvalue weighted by atomic mass is 9.97. The van der Waals surface area contributed by atoms with E-state index in [2.05, 4.69) is 16.6 Å². The number of rotatable bonds is 2. The van der Waals surface area contributed by atoms with E-state index in [1.165, 1.54) is 49.9 Å². The number of nitrogens with one attached hydrogen (secondary N) is 1. The van der Waals surface area contributed by atoms with Gasteiger partial charge in [0.2, 0.25) is 0 Å². The molecule has 3 rings (SSSR count). The summed E-state index contributed by atoms with van der Waals surface area (Å²) in [6, 6.07) is 0.572. The molecule has 0 aromatic carbocycles. The Kier molecular flexibility index (Phi) is 2.28. The highest BCUT2D eigenvalue weighted by atomic mass is 15.3. The van der Waals surface area contributed by atoms with E-state index in [4.69, 9.17) is 0 Å². The number of nitrogens with zero attached hydrogens (tertiary/aromatic N) is 2. The Hall–Kier alpha value is -0.830. The smallest absolute Gasteiger partial charge is 0.0703 e. The van der Waals surface area contributed by atoms with Crippen LogP contribution < -0.4 is 5.32 Å². The van der Waals surface area contributed by atoms with Crippen molar-refractivity contribution >= 4 is 0 Å². The topological polar surface area (TPSA) is 29.9 Å². The number of piperidine rings is 1. The fraction of sp³-hybridized carbons (Fsp3) is 0.750. The van der Waals surface area contributed by atoms with Crippen LogP contribution in [-0.2, 0) is 7.05 Å². The van der Waals surface area contributed by atoms with Crippen LogP contribution in [-0.4, -0.2) is 16.3 Å². The van der Waals surface area contributed by atoms with Crippen LogP contribution in [0.3, 0.4) is 0 Å². The molecule has 3 nitrogen and oxygen atoms in total. The molecule has 1 aromatic rings. The minimum atomic E-state index is 0.572. The van der Waals surface area contributed by atoms with Gasteiger partial charge in [-0.05, 0) is 32.2 Å². The van der Waals surface area contributed by atoms with E-state index in [9.17, 15) is 0 Å². The molecule has 15 heavy (non-hydrogen) atoms. The van der Waals surface area contributed by atoms with Gasteiger partial charge >= 0.3 is 0 Å². The van der Waals surface area contributed by atoms with Gasteiger partial charge in [0.1, 0.15) is 0 Å². The lowest BCUT2D eigenvalue weighted by Crippen LogP contribution is -2.27. The maximum atomic E-state index is 4.62. The molecular formula is C12H19N3. The van der Waals surface area contributed by atoms with E-state index in [1.54, 1.807) is 0 Å². The first-order chi connectivity index (χ1) is 7.34. The molecule has 1 aromatic heterocycles. The Balaban J connectivity index is 1.87. The molecule has 1 aliphatic carbocycles. The summed E-state index contributed by atoms with van der Waals surface area (Å²) < 4.78 is 1.99. The van der Waals surface area contributed by atoms with Gasteiger partial charge in [0.05, 0.1) is 5.69 Å². The van der Waals surface area contributed by atoms with Gasteiger partial charge < -0.3 is 5.32 Å². The second kappa shape index (κ2) is 3.63. The number of aryl methyl sites for hydroxylation is 1. The molecule has 82 valence electrons. The highest BCUT2D eigenvalue weighted by Crippen LogP contribution is 2.42. The summed E-state index contributed by atoms with van der Waals surface area (Å²) in [6.45, 7) is 1.17. The Morgan fingerprint density at radius 1 is 1.33 bits per heavy atom.